The molecule has 0 aliphatic rings. The third-order valence-electron chi connectivity index (χ3n) is 3.25. The van der Waals surface area contributed by atoms with Crippen molar-refractivity contribution in [3.63, 3.8) is 0 Å². The van der Waals surface area contributed by atoms with Crippen LogP contribution in [0.4, 0.5) is 5.82 Å². The molecule has 4 heteroatoms. The normalized spacial score (nSPS) is 12.3. The van der Waals surface area contributed by atoms with Crippen LogP contribution in [0.5, 0.6) is 0 Å². The van der Waals surface area contributed by atoms with E-state index in [1.165, 1.54) is 5.56 Å². The first-order chi connectivity index (χ1) is 9.74. The maximum atomic E-state index is 4.37. The second kappa shape index (κ2) is 5.59. The molecule has 0 bridgehead atoms. The van der Waals surface area contributed by atoms with Crippen LogP contribution in [0, 0.1) is 0 Å². The topological polar surface area (TPSA) is 37.8 Å². The fourth-order valence-electron chi connectivity index (χ4n) is 2.17. The van der Waals surface area contributed by atoms with E-state index in [9.17, 15) is 0 Å². The zero-order valence-corrected chi connectivity index (χ0v) is 12.6. The largest absolute Gasteiger partial charge is 0.363 e. The summed E-state index contributed by atoms with van der Waals surface area (Å²) in [6.45, 7) is 2.13. The van der Waals surface area contributed by atoms with Crippen LogP contribution in [0.15, 0.2) is 59.3 Å². The Bertz CT molecular complexity index is 728. The van der Waals surface area contributed by atoms with Crippen LogP contribution >= 0.6 is 15.9 Å². The maximum absolute atomic E-state index is 4.37. The molecule has 1 aromatic heterocycles. The lowest BCUT2D eigenvalue weighted by Gasteiger charge is -2.16. The molecule has 0 aliphatic heterocycles. The molecule has 0 radical (unpaired) electrons. The summed E-state index contributed by atoms with van der Waals surface area (Å²) in [6.07, 6.45) is 1.59. The van der Waals surface area contributed by atoms with Gasteiger partial charge >= 0.3 is 0 Å². The number of rotatable bonds is 3. The summed E-state index contributed by atoms with van der Waals surface area (Å²) >= 11 is 3.49. The Labute approximate surface area is 126 Å². The number of hydrogen-bond acceptors (Lipinski definition) is 3. The maximum Gasteiger partial charge on any atom is 0.137 e. The highest BCUT2D eigenvalue weighted by Crippen LogP contribution is 2.26. The van der Waals surface area contributed by atoms with Crippen molar-refractivity contribution < 1.29 is 0 Å². The standard InChI is InChI=1S/C16H14BrN3/c1-11(12-5-3-2-4-6-12)20-16-14-9-13(17)7-8-15(14)18-10-19-16/h2-11H,1H3,(H,18,19,20)/t11-/m1/s1. The summed E-state index contributed by atoms with van der Waals surface area (Å²) in [7, 11) is 0. The minimum absolute atomic E-state index is 0.188. The SMILES string of the molecule is C[C@@H](Nc1ncnc2ccc(Br)cc12)c1ccccc1. The molecule has 3 rings (SSSR count). The Balaban J connectivity index is 1.97. The van der Waals surface area contributed by atoms with Crippen LogP contribution in [0.1, 0.15) is 18.5 Å². The number of anilines is 1. The molecule has 3 nitrogen and oxygen atoms in total. The highest BCUT2D eigenvalue weighted by Gasteiger charge is 2.09. The number of hydrogen-bond donors (Lipinski definition) is 1. The highest BCUT2D eigenvalue weighted by molar-refractivity contribution is 9.10. The summed E-state index contributed by atoms with van der Waals surface area (Å²) < 4.78 is 1.02. The van der Waals surface area contributed by atoms with Crippen molar-refractivity contribution in [3.8, 4) is 0 Å². The summed E-state index contributed by atoms with van der Waals surface area (Å²) in [4.78, 5) is 8.66. The van der Waals surface area contributed by atoms with Crippen LogP contribution < -0.4 is 5.32 Å². The summed E-state index contributed by atoms with van der Waals surface area (Å²) in [6, 6.07) is 16.5. The van der Waals surface area contributed by atoms with Gasteiger partial charge in [-0.2, -0.15) is 0 Å². The fourth-order valence-corrected chi connectivity index (χ4v) is 2.54. The molecule has 1 atom stereocenters. The second-order valence-electron chi connectivity index (χ2n) is 4.66. The molecule has 0 unspecified atom stereocenters. The van der Waals surface area contributed by atoms with E-state index in [0.29, 0.717) is 0 Å². The van der Waals surface area contributed by atoms with Crippen LogP contribution in [-0.4, -0.2) is 9.97 Å². The van der Waals surface area contributed by atoms with E-state index in [2.05, 4.69) is 50.3 Å². The number of benzene rings is 2. The molecular weight excluding hydrogens is 314 g/mol. The lowest BCUT2D eigenvalue weighted by molar-refractivity contribution is 0.876. The van der Waals surface area contributed by atoms with Gasteiger partial charge in [0, 0.05) is 15.9 Å². The van der Waals surface area contributed by atoms with Gasteiger partial charge in [0.15, 0.2) is 0 Å². The van der Waals surface area contributed by atoms with Gasteiger partial charge in [0.05, 0.1) is 5.52 Å². The number of halogens is 1. The third-order valence-corrected chi connectivity index (χ3v) is 3.74. The first-order valence-corrected chi connectivity index (χ1v) is 7.25. The van der Waals surface area contributed by atoms with Crippen LogP contribution in [0.2, 0.25) is 0 Å². The molecular formula is C16H14BrN3. The van der Waals surface area contributed by atoms with Crippen molar-refractivity contribution in [2.24, 2.45) is 0 Å². The third kappa shape index (κ3) is 2.65. The molecule has 1 N–H and O–H groups in total. The average molecular weight is 328 g/mol. The Hall–Kier alpha value is -1.94. The van der Waals surface area contributed by atoms with Crippen LogP contribution in [0.25, 0.3) is 10.9 Å². The number of aromatic nitrogens is 2. The average Bonchev–Trinajstić information content (AvgIpc) is 2.49. The van der Waals surface area contributed by atoms with Gasteiger partial charge in [0.2, 0.25) is 0 Å². The molecule has 0 fully saturated rings. The van der Waals surface area contributed by atoms with E-state index in [4.69, 9.17) is 0 Å². The van der Waals surface area contributed by atoms with Gasteiger partial charge in [-0.3, -0.25) is 0 Å². The van der Waals surface area contributed by atoms with E-state index in [1.807, 2.05) is 36.4 Å². The van der Waals surface area contributed by atoms with E-state index >= 15 is 0 Å². The predicted octanol–water partition coefficient (Wildman–Crippen LogP) is 4.57. The van der Waals surface area contributed by atoms with Crippen molar-refractivity contribution in [1.29, 1.82) is 0 Å². The zero-order valence-electron chi connectivity index (χ0n) is 11.0. The van der Waals surface area contributed by atoms with Crippen LogP contribution in [0.3, 0.4) is 0 Å². The minimum Gasteiger partial charge on any atom is -0.363 e. The van der Waals surface area contributed by atoms with Gasteiger partial charge in [-0.1, -0.05) is 46.3 Å². The highest BCUT2D eigenvalue weighted by atomic mass is 79.9. The van der Waals surface area contributed by atoms with Gasteiger partial charge in [0.1, 0.15) is 12.1 Å². The van der Waals surface area contributed by atoms with Crippen molar-refractivity contribution in [2.45, 2.75) is 13.0 Å². The second-order valence-corrected chi connectivity index (χ2v) is 5.58. The minimum atomic E-state index is 0.188. The molecule has 2 aromatic carbocycles. The van der Waals surface area contributed by atoms with Crippen molar-refractivity contribution in [2.75, 3.05) is 5.32 Å². The van der Waals surface area contributed by atoms with Crippen molar-refractivity contribution in [3.05, 3.63) is 64.9 Å². The van der Waals surface area contributed by atoms with Gasteiger partial charge in [-0.05, 0) is 30.7 Å². The fraction of sp³-hybridized carbons (Fsp3) is 0.125. The number of nitrogens with one attached hydrogen (secondary N) is 1. The van der Waals surface area contributed by atoms with Gasteiger partial charge in [-0.25, -0.2) is 9.97 Å². The molecule has 20 heavy (non-hydrogen) atoms. The van der Waals surface area contributed by atoms with Gasteiger partial charge < -0.3 is 5.32 Å². The van der Waals surface area contributed by atoms with E-state index in [-0.39, 0.29) is 6.04 Å². The van der Waals surface area contributed by atoms with Crippen molar-refractivity contribution >= 4 is 32.7 Å². The Morgan fingerprint density at radius 2 is 1.85 bits per heavy atom. The first-order valence-electron chi connectivity index (χ1n) is 6.46. The van der Waals surface area contributed by atoms with E-state index < -0.39 is 0 Å². The lowest BCUT2D eigenvalue weighted by Crippen LogP contribution is -2.08. The molecule has 0 amide bonds. The first kappa shape index (κ1) is 13.1. The monoisotopic (exact) mass is 327 g/mol. The Kier molecular flexibility index (Phi) is 3.65. The molecule has 0 saturated heterocycles. The summed E-state index contributed by atoms with van der Waals surface area (Å²) in [5.41, 5.74) is 2.17. The number of nitrogens with zero attached hydrogens (tertiary/aromatic N) is 2. The molecule has 100 valence electrons. The summed E-state index contributed by atoms with van der Waals surface area (Å²) in [5, 5.41) is 4.47. The molecule has 1 heterocycles. The summed E-state index contributed by atoms with van der Waals surface area (Å²) in [5.74, 6) is 0.854. The van der Waals surface area contributed by atoms with E-state index in [1.54, 1.807) is 6.33 Å². The smallest absolute Gasteiger partial charge is 0.137 e. The Morgan fingerprint density at radius 1 is 1.05 bits per heavy atom. The lowest BCUT2D eigenvalue weighted by atomic mass is 10.1. The molecule has 0 saturated carbocycles. The zero-order chi connectivity index (χ0) is 13.9. The van der Waals surface area contributed by atoms with Gasteiger partial charge in [0.25, 0.3) is 0 Å². The predicted molar refractivity (Wildman–Crippen MR) is 85.7 cm³/mol. The molecule has 0 aliphatic carbocycles. The molecule has 0 spiro atoms. The van der Waals surface area contributed by atoms with Crippen molar-refractivity contribution in [1.82, 2.24) is 9.97 Å². The quantitative estimate of drug-likeness (QED) is 0.765. The molecule has 3 aromatic rings. The van der Waals surface area contributed by atoms with Gasteiger partial charge in [-0.15, -0.1) is 0 Å². The Morgan fingerprint density at radius 3 is 2.65 bits per heavy atom. The van der Waals surface area contributed by atoms with E-state index in [0.717, 1.165) is 21.2 Å². The van der Waals surface area contributed by atoms with Crippen LogP contribution in [-0.2, 0) is 0 Å². The number of fused-ring (bicyclic) bond motifs is 1.